The zero-order valence-electron chi connectivity index (χ0n) is 15.5. The third kappa shape index (κ3) is 3.97. The summed E-state index contributed by atoms with van der Waals surface area (Å²) in [5, 5.41) is 3.17. The largest absolute Gasteiger partial charge is 0.337 e. The Kier molecular flexibility index (Phi) is 5.10. The molecular weight excluding hydrogens is 341 g/mol. The number of nitrogens with zero attached hydrogens (tertiary/aromatic N) is 2. The fourth-order valence-electron chi connectivity index (χ4n) is 4.15. The number of halogens is 1. The summed E-state index contributed by atoms with van der Waals surface area (Å²) in [6, 6.07) is 10.8. The lowest BCUT2D eigenvalue weighted by Gasteiger charge is -2.31. The lowest BCUT2D eigenvalue weighted by Crippen LogP contribution is -2.44. The van der Waals surface area contributed by atoms with Crippen molar-refractivity contribution in [3.63, 3.8) is 0 Å². The van der Waals surface area contributed by atoms with Gasteiger partial charge in [-0.3, -0.25) is 4.98 Å². The summed E-state index contributed by atoms with van der Waals surface area (Å²) in [4.78, 5) is 19.1. The summed E-state index contributed by atoms with van der Waals surface area (Å²) >= 11 is 0. The van der Waals surface area contributed by atoms with Crippen molar-refractivity contribution in [2.24, 2.45) is 0 Å². The molecule has 4 nitrogen and oxygen atoms in total. The van der Waals surface area contributed by atoms with Gasteiger partial charge < -0.3 is 10.2 Å². The van der Waals surface area contributed by atoms with Crippen LogP contribution < -0.4 is 5.32 Å². The molecule has 2 aromatic rings. The predicted molar refractivity (Wildman–Crippen MR) is 103 cm³/mol. The minimum atomic E-state index is -0.219. The molecule has 1 saturated carbocycles. The predicted octanol–water partition coefficient (Wildman–Crippen LogP) is 4.58. The molecule has 0 spiro atoms. The summed E-state index contributed by atoms with van der Waals surface area (Å²) in [6.07, 6.45) is 9.98. The number of benzene rings is 1. The first-order valence-corrected chi connectivity index (χ1v) is 9.88. The maximum atomic E-state index is 13.2. The minimum Gasteiger partial charge on any atom is -0.337 e. The van der Waals surface area contributed by atoms with E-state index in [-0.39, 0.29) is 23.3 Å². The van der Waals surface area contributed by atoms with Crippen molar-refractivity contribution in [1.82, 2.24) is 15.2 Å². The number of pyridine rings is 1. The third-order valence-electron chi connectivity index (χ3n) is 5.99. The Balaban J connectivity index is 1.45. The fraction of sp³-hybridized carbons (Fsp3) is 0.455. The summed E-state index contributed by atoms with van der Waals surface area (Å²) < 4.78 is 13.2. The Bertz CT molecular complexity index is 774. The van der Waals surface area contributed by atoms with Gasteiger partial charge in [0.15, 0.2) is 0 Å². The highest BCUT2D eigenvalue weighted by Gasteiger charge is 2.44. The average Bonchev–Trinajstić information content (AvgIpc) is 3.51. The van der Waals surface area contributed by atoms with Gasteiger partial charge in [-0.15, -0.1) is 0 Å². The number of likely N-dealkylation sites (tertiary alicyclic amines) is 1. The molecule has 1 aromatic carbocycles. The molecule has 4 rings (SSSR count). The monoisotopic (exact) mass is 367 g/mol. The van der Waals surface area contributed by atoms with Gasteiger partial charge in [-0.25, -0.2) is 9.18 Å². The van der Waals surface area contributed by atoms with Crippen LogP contribution in [-0.4, -0.2) is 29.0 Å². The summed E-state index contributed by atoms with van der Waals surface area (Å²) in [6.45, 7) is 1.39. The third-order valence-corrected chi connectivity index (χ3v) is 5.99. The number of aromatic nitrogens is 1. The van der Waals surface area contributed by atoms with Gasteiger partial charge in [0.2, 0.25) is 0 Å². The quantitative estimate of drug-likeness (QED) is 0.860. The van der Waals surface area contributed by atoms with Crippen LogP contribution in [0.25, 0.3) is 0 Å². The van der Waals surface area contributed by atoms with Gasteiger partial charge >= 0.3 is 6.03 Å². The van der Waals surface area contributed by atoms with Crippen molar-refractivity contribution in [3.05, 3.63) is 65.7 Å². The molecule has 1 N–H and O–H groups in total. The van der Waals surface area contributed by atoms with Gasteiger partial charge in [0.05, 0.1) is 6.04 Å². The average molecular weight is 367 g/mol. The van der Waals surface area contributed by atoms with Gasteiger partial charge in [0.1, 0.15) is 5.82 Å². The number of carbonyl (C=O) groups excluding carboxylic acids is 1. The molecule has 142 valence electrons. The molecular formula is C22H26FN3O. The highest BCUT2D eigenvalue weighted by molar-refractivity contribution is 5.75. The van der Waals surface area contributed by atoms with Crippen molar-refractivity contribution in [2.45, 2.75) is 50.0 Å². The number of hydrogen-bond acceptors (Lipinski definition) is 2. The minimum absolute atomic E-state index is 0.00657. The second kappa shape index (κ2) is 7.67. The highest BCUT2D eigenvalue weighted by atomic mass is 19.1. The fourth-order valence-corrected chi connectivity index (χ4v) is 4.15. The van der Waals surface area contributed by atoms with Crippen molar-refractivity contribution in [1.29, 1.82) is 0 Å². The van der Waals surface area contributed by atoms with E-state index in [4.69, 9.17) is 0 Å². The van der Waals surface area contributed by atoms with Crippen molar-refractivity contribution >= 4 is 6.03 Å². The highest BCUT2D eigenvalue weighted by Crippen LogP contribution is 2.47. The number of rotatable bonds is 4. The molecule has 0 radical (unpaired) electrons. The van der Waals surface area contributed by atoms with Crippen LogP contribution in [0.15, 0.2) is 48.8 Å². The Labute approximate surface area is 159 Å². The maximum Gasteiger partial charge on any atom is 0.317 e. The Hall–Kier alpha value is -2.43. The maximum absolute atomic E-state index is 13.2. The van der Waals surface area contributed by atoms with Gasteiger partial charge in [0.25, 0.3) is 0 Å². The Morgan fingerprint density at radius 1 is 1.11 bits per heavy atom. The first-order valence-electron chi connectivity index (χ1n) is 9.88. The lowest BCUT2D eigenvalue weighted by molar-refractivity contribution is 0.175. The van der Waals surface area contributed by atoms with Crippen LogP contribution in [0.4, 0.5) is 9.18 Å². The molecule has 1 aromatic heterocycles. The SMILES string of the molecule is O=C(NCC1(c2ccc(F)cc2)CC1)N1CCCCCC1c1ccncc1. The second-order valence-corrected chi connectivity index (χ2v) is 7.79. The van der Waals surface area contributed by atoms with Crippen LogP contribution >= 0.6 is 0 Å². The Morgan fingerprint density at radius 3 is 2.56 bits per heavy atom. The molecule has 1 saturated heterocycles. The normalized spacial score (nSPS) is 21.4. The number of carbonyl (C=O) groups is 1. The van der Waals surface area contributed by atoms with E-state index < -0.39 is 0 Å². The van der Waals surface area contributed by atoms with Crippen LogP contribution in [0.5, 0.6) is 0 Å². The van der Waals surface area contributed by atoms with E-state index in [1.165, 1.54) is 12.1 Å². The molecule has 2 aliphatic rings. The molecule has 27 heavy (non-hydrogen) atoms. The standard InChI is InChI=1S/C22H26FN3O/c23-19-7-5-18(6-8-19)22(11-12-22)16-25-21(27)26-15-3-1-2-4-20(26)17-9-13-24-14-10-17/h5-10,13-14,20H,1-4,11-12,15-16H2,(H,25,27). The van der Waals surface area contributed by atoms with Crippen molar-refractivity contribution in [2.75, 3.05) is 13.1 Å². The molecule has 1 unspecified atom stereocenters. The van der Waals surface area contributed by atoms with E-state index in [1.807, 2.05) is 29.2 Å². The van der Waals surface area contributed by atoms with Gasteiger partial charge in [0, 0.05) is 30.9 Å². The van der Waals surface area contributed by atoms with E-state index in [0.717, 1.165) is 56.2 Å². The van der Waals surface area contributed by atoms with E-state index >= 15 is 0 Å². The second-order valence-electron chi connectivity index (χ2n) is 7.79. The van der Waals surface area contributed by atoms with Crippen molar-refractivity contribution < 1.29 is 9.18 Å². The summed E-state index contributed by atoms with van der Waals surface area (Å²) in [7, 11) is 0. The zero-order valence-corrected chi connectivity index (χ0v) is 15.5. The van der Waals surface area contributed by atoms with Gasteiger partial charge in [-0.2, -0.15) is 0 Å². The molecule has 5 heteroatoms. The molecule has 2 amide bonds. The summed E-state index contributed by atoms with van der Waals surface area (Å²) in [5.74, 6) is -0.219. The number of urea groups is 1. The lowest BCUT2D eigenvalue weighted by atomic mass is 9.96. The zero-order chi connectivity index (χ0) is 18.7. The molecule has 2 fully saturated rings. The molecule has 1 aliphatic heterocycles. The smallest absolute Gasteiger partial charge is 0.317 e. The van der Waals surface area contributed by atoms with E-state index in [2.05, 4.69) is 10.3 Å². The van der Waals surface area contributed by atoms with Crippen LogP contribution in [-0.2, 0) is 5.41 Å². The first kappa shape index (κ1) is 18.0. The number of amides is 2. The molecule has 0 bridgehead atoms. The topological polar surface area (TPSA) is 45.2 Å². The number of hydrogen-bond donors (Lipinski definition) is 1. The van der Waals surface area contributed by atoms with Gasteiger partial charge in [-0.05, 0) is 61.1 Å². The molecule has 1 aliphatic carbocycles. The Morgan fingerprint density at radius 2 is 1.85 bits per heavy atom. The van der Waals surface area contributed by atoms with E-state index in [0.29, 0.717) is 6.54 Å². The van der Waals surface area contributed by atoms with Gasteiger partial charge in [-0.1, -0.05) is 25.0 Å². The van der Waals surface area contributed by atoms with Crippen LogP contribution in [0.1, 0.15) is 55.7 Å². The summed E-state index contributed by atoms with van der Waals surface area (Å²) in [5.41, 5.74) is 2.24. The van der Waals surface area contributed by atoms with E-state index in [1.54, 1.807) is 12.4 Å². The van der Waals surface area contributed by atoms with Crippen LogP contribution in [0, 0.1) is 5.82 Å². The van der Waals surface area contributed by atoms with E-state index in [9.17, 15) is 9.18 Å². The van der Waals surface area contributed by atoms with Crippen LogP contribution in [0.3, 0.4) is 0 Å². The molecule has 2 heterocycles. The number of nitrogens with one attached hydrogen (secondary N) is 1. The molecule has 1 atom stereocenters. The first-order chi connectivity index (χ1) is 13.2. The van der Waals surface area contributed by atoms with Crippen LogP contribution in [0.2, 0.25) is 0 Å². The van der Waals surface area contributed by atoms with Crippen molar-refractivity contribution in [3.8, 4) is 0 Å².